The van der Waals surface area contributed by atoms with Gasteiger partial charge in [-0.05, 0) is 55.9 Å². The Balaban J connectivity index is 1.53. The standard InChI is InChI=1S/C21H27F2N5O2/c1-3-16(14-8-13(22)9-25-21(14)30-2)28-10-15(19(23)27-28)26-20(29)18(24)17(11-4-5-11)12-6-7-12/h8-12,16-18H,3-7,24H2,1-2H3,(H,26,29). The molecule has 2 aliphatic carbocycles. The van der Waals surface area contributed by atoms with Crippen molar-refractivity contribution in [2.75, 3.05) is 12.4 Å². The SMILES string of the molecule is CCC(c1cc(F)cnc1OC)n1cc(NC(=O)C(N)C(C2CC2)C2CC2)c(F)n1. The van der Waals surface area contributed by atoms with Gasteiger partial charge in [-0.15, -0.1) is 5.10 Å². The van der Waals surface area contributed by atoms with Crippen LogP contribution in [0, 0.1) is 29.5 Å². The van der Waals surface area contributed by atoms with E-state index in [1.165, 1.54) is 24.1 Å². The first-order valence-electron chi connectivity index (χ1n) is 10.4. The summed E-state index contributed by atoms with van der Waals surface area (Å²) in [5.41, 5.74) is 6.66. The molecule has 2 aliphatic rings. The number of carbonyl (C=O) groups excluding carboxylic acids is 1. The fourth-order valence-corrected chi connectivity index (χ4v) is 4.34. The predicted octanol–water partition coefficient (Wildman–Crippen LogP) is 3.27. The van der Waals surface area contributed by atoms with E-state index in [9.17, 15) is 13.6 Å². The number of nitrogens with one attached hydrogen (secondary N) is 1. The van der Waals surface area contributed by atoms with Gasteiger partial charge in [-0.2, -0.15) is 4.39 Å². The molecule has 1 amide bonds. The van der Waals surface area contributed by atoms with Crippen molar-refractivity contribution >= 4 is 11.6 Å². The average molecular weight is 419 g/mol. The highest BCUT2D eigenvalue weighted by Gasteiger charge is 2.46. The van der Waals surface area contributed by atoms with Crippen LogP contribution in [-0.4, -0.2) is 33.8 Å². The van der Waals surface area contributed by atoms with E-state index in [2.05, 4.69) is 15.4 Å². The van der Waals surface area contributed by atoms with E-state index in [4.69, 9.17) is 10.5 Å². The van der Waals surface area contributed by atoms with Crippen LogP contribution in [0.5, 0.6) is 5.88 Å². The van der Waals surface area contributed by atoms with Crippen LogP contribution in [0.3, 0.4) is 0 Å². The molecule has 9 heteroatoms. The molecule has 2 saturated carbocycles. The first-order valence-corrected chi connectivity index (χ1v) is 10.4. The van der Waals surface area contributed by atoms with Gasteiger partial charge in [0, 0.05) is 5.56 Å². The molecule has 3 N–H and O–H groups in total. The lowest BCUT2D eigenvalue weighted by molar-refractivity contribution is -0.118. The second kappa shape index (κ2) is 8.29. The van der Waals surface area contributed by atoms with E-state index >= 15 is 0 Å². The number of halogens is 2. The normalized spacial score (nSPS) is 18.3. The van der Waals surface area contributed by atoms with Crippen molar-refractivity contribution in [3.8, 4) is 5.88 Å². The molecule has 2 fully saturated rings. The minimum atomic E-state index is -0.813. The smallest absolute Gasteiger partial charge is 0.256 e. The molecule has 162 valence electrons. The van der Waals surface area contributed by atoms with Gasteiger partial charge in [0.25, 0.3) is 5.95 Å². The summed E-state index contributed by atoms with van der Waals surface area (Å²) in [5, 5.41) is 6.51. The second-order valence-corrected chi connectivity index (χ2v) is 8.26. The van der Waals surface area contributed by atoms with Gasteiger partial charge in [-0.3, -0.25) is 9.48 Å². The third-order valence-electron chi connectivity index (χ3n) is 6.10. The van der Waals surface area contributed by atoms with Gasteiger partial charge in [0.1, 0.15) is 11.5 Å². The summed E-state index contributed by atoms with van der Waals surface area (Å²) in [6, 6.07) is 0.119. The number of hydrogen-bond donors (Lipinski definition) is 2. The summed E-state index contributed by atoms with van der Waals surface area (Å²) < 4.78 is 34.9. The van der Waals surface area contributed by atoms with Gasteiger partial charge in [-0.1, -0.05) is 6.92 Å². The number of anilines is 1. The number of carbonyl (C=O) groups is 1. The monoisotopic (exact) mass is 419 g/mol. The Morgan fingerprint density at radius 2 is 2.00 bits per heavy atom. The number of ether oxygens (including phenoxy) is 1. The molecular weight excluding hydrogens is 392 g/mol. The van der Waals surface area contributed by atoms with E-state index in [1.807, 2.05) is 6.92 Å². The summed E-state index contributed by atoms with van der Waals surface area (Å²) in [4.78, 5) is 16.7. The van der Waals surface area contributed by atoms with Crippen LogP contribution in [0.15, 0.2) is 18.5 Å². The molecule has 2 aromatic heterocycles. The van der Waals surface area contributed by atoms with Crippen molar-refractivity contribution in [2.45, 2.75) is 51.1 Å². The van der Waals surface area contributed by atoms with Crippen molar-refractivity contribution < 1.29 is 18.3 Å². The van der Waals surface area contributed by atoms with E-state index in [0.29, 0.717) is 23.8 Å². The van der Waals surface area contributed by atoms with Crippen LogP contribution < -0.4 is 15.8 Å². The minimum absolute atomic E-state index is 0.0393. The van der Waals surface area contributed by atoms with Crippen molar-refractivity contribution in [3.05, 3.63) is 35.8 Å². The maximum absolute atomic E-state index is 14.5. The van der Waals surface area contributed by atoms with Gasteiger partial charge < -0.3 is 15.8 Å². The topological polar surface area (TPSA) is 95.1 Å². The highest BCUT2D eigenvalue weighted by Crippen LogP contribution is 2.50. The van der Waals surface area contributed by atoms with Crippen LogP contribution >= 0.6 is 0 Å². The van der Waals surface area contributed by atoms with E-state index in [1.54, 1.807) is 0 Å². The number of pyridine rings is 1. The zero-order valence-corrected chi connectivity index (χ0v) is 17.1. The van der Waals surface area contributed by atoms with Crippen LogP contribution in [-0.2, 0) is 4.79 Å². The quantitative estimate of drug-likeness (QED) is 0.651. The fourth-order valence-electron chi connectivity index (χ4n) is 4.34. The summed E-state index contributed by atoms with van der Waals surface area (Å²) in [7, 11) is 1.43. The first-order chi connectivity index (χ1) is 14.4. The lowest BCUT2D eigenvalue weighted by Crippen LogP contribution is -2.43. The first kappa shape index (κ1) is 20.7. The van der Waals surface area contributed by atoms with Crippen molar-refractivity contribution in [3.63, 3.8) is 0 Å². The highest BCUT2D eigenvalue weighted by molar-refractivity contribution is 5.94. The number of aromatic nitrogens is 3. The zero-order valence-electron chi connectivity index (χ0n) is 17.1. The summed E-state index contributed by atoms with van der Waals surface area (Å²) >= 11 is 0. The van der Waals surface area contributed by atoms with Gasteiger partial charge in [-0.25, -0.2) is 9.37 Å². The zero-order chi connectivity index (χ0) is 21.4. The molecule has 2 atom stereocenters. The molecule has 0 spiro atoms. The molecule has 2 heterocycles. The van der Waals surface area contributed by atoms with Crippen molar-refractivity contribution in [1.82, 2.24) is 14.8 Å². The number of rotatable bonds is 9. The number of nitrogens with two attached hydrogens (primary N) is 1. The Hall–Kier alpha value is -2.55. The largest absolute Gasteiger partial charge is 0.481 e. The van der Waals surface area contributed by atoms with Crippen molar-refractivity contribution in [2.24, 2.45) is 23.5 Å². The number of nitrogens with zero attached hydrogens (tertiary/aromatic N) is 3. The Labute approximate surface area is 174 Å². The summed E-state index contributed by atoms with van der Waals surface area (Å²) in [6.45, 7) is 1.86. The van der Waals surface area contributed by atoms with Crippen molar-refractivity contribution in [1.29, 1.82) is 0 Å². The van der Waals surface area contributed by atoms with Gasteiger partial charge in [0.15, 0.2) is 0 Å². The molecule has 0 radical (unpaired) electrons. The third-order valence-corrected chi connectivity index (χ3v) is 6.10. The molecule has 2 unspecified atom stereocenters. The Morgan fingerprint density at radius 3 is 2.57 bits per heavy atom. The molecule has 0 saturated heterocycles. The van der Waals surface area contributed by atoms with E-state index < -0.39 is 29.8 Å². The Kier molecular flexibility index (Phi) is 5.73. The van der Waals surface area contributed by atoms with E-state index in [0.717, 1.165) is 31.9 Å². The molecule has 2 aromatic rings. The number of amides is 1. The fraction of sp³-hybridized carbons (Fsp3) is 0.571. The van der Waals surface area contributed by atoms with Gasteiger partial charge in [0.05, 0.1) is 31.6 Å². The lowest BCUT2D eigenvalue weighted by Gasteiger charge is -2.22. The molecular formula is C21H27F2N5O2. The maximum Gasteiger partial charge on any atom is 0.256 e. The molecule has 0 bridgehead atoms. The molecule has 0 aliphatic heterocycles. The van der Waals surface area contributed by atoms with Crippen LogP contribution in [0.2, 0.25) is 0 Å². The highest BCUT2D eigenvalue weighted by atomic mass is 19.1. The summed E-state index contributed by atoms with van der Waals surface area (Å²) in [5.74, 6) is -0.325. The van der Waals surface area contributed by atoms with Crippen LogP contribution in [0.4, 0.5) is 14.5 Å². The third kappa shape index (κ3) is 4.16. The molecule has 30 heavy (non-hydrogen) atoms. The Bertz CT molecular complexity index is 914. The second-order valence-electron chi connectivity index (χ2n) is 8.26. The number of hydrogen-bond acceptors (Lipinski definition) is 5. The molecule has 0 aromatic carbocycles. The maximum atomic E-state index is 14.5. The predicted molar refractivity (Wildman–Crippen MR) is 107 cm³/mol. The molecule has 7 nitrogen and oxygen atoms in total. The average Bonchev–Trinajstić information content (AvgIpc) is 3.64. The van der Waals surface area contributed by atoms with Crippen LogP contribution in [0.25, 0.3) is 0 Å². The van der Waals surface area contributed by atoms with Gasteiger partial charge in [0.2, 0.25) is 11.8 Å². The van der Waals surface area contributed by atoms with Gasteiger partial charge >= 0.3 is 0 Å². The lowest BCUT2D eigenvalue weighted by atomic mass is 9.89. The number of methoxy groups -OCH3 is 1. The summed E-state index contributed by atoms with van der Waals surface area (Å²) in [6.07, 6.45) is 7.38. The van der Waals surface area contributed by atoms with Crippen LogP contribution in [0.1, 0.15) is 50.6 Å². The minimum Gasteiger partial charge on any atom is -0.481 e. The Morgan fingerprint density at radius 1 is 1.33 bits per heavy atom. The van der Waals surface area contributed by atoms with E-state index in [-0.39, 0.29) is 17.5 Å². The molecule has 4 rings (SSSR count).